The average Bonchev–Trinajstić information content (AvgIpc) is 3.31. The molecule has 2 aromatic carbocycles. The smallest absolute Gasteiger partial charge is 0.239 e. The number of fused-ring (bicyclic) bond motifs is 2. The molecule has 1 aliphatic heterocycles. The first-order chi connectivity index (χ1) is 31.5. The van der Waals surface area contributed by atoms with Gasteiger partial charge in [-0.2, -0.15) is 0 Å². The van der Waals surface area contributed by atoms with Gasteiger partial charge in [0.1, 0.15) is 24.7 Å². The molecule has 0 saturated heterocycles. The Labute approximate surface area is 388 Å². The summed E-state index contributed by atoms with van der Waals surface area (Å²) in [4.78, 5) is 23.5. The number of unbranched alkanes of at least 4 members (excludes halogenated alkanes) is 10. The first-order valence-electron chi connectivity index (χ1n) is 24.4. The summed E-state index contributed by atoms with van der Waals surface area (Å²) in [6, 6.07) is 15.8. The highest BCUT2D eigenvalue weighted by atomic mass is 32.2. The number of thioether (sulfide) groups is 1. The van der Waals surface area contributed by atoms with Crippen LogP contribution in [0.15, 0.2) is 82.9 Å². The van der Waals surface area contributed by atoms with E-state index in [4.69, 9.17) is 28.9 Å². The van der Waals surface area contributed by atoms with E-state index >= 15 is 0 Å². The van der Waals surface area contributed by atoms with Crippen LogP contribution in [-0.4, -0.2) is 109 Å². The van der Waals surface area contributed by atoms with Crippen molar-refractivity contribution in [3.05, 3.63) is 78.4 Å². The van der Waals surface area contributed by atoms with Crippen molar-refractivity contribution in [1.82, 2.24) is 4.90 Å². The molecule has 3 aliphatic rings. The van der Waals surface area contributed by atoms with Gasteiger partial charge in [0.25, 0.3) is 0 Å². The minimum Gasteiger partial charge on any atom is -0.493 e. The number of amides is 1. The lowest BCUT2D eigenvalue weighted by Crippen LogP contribution is -2.70. The molecule has 64 heavy (non-hydrogen) atoms. The van der Waals surface area contributed by atoms with Crippen LogP contribution in [-0.2, 0) is 19.1 Å². The molecule has 356 valence electrons. The van der Waals surface area contributed by atoms with Gasteiger partial charge in [-0.1, -0.05) is 107 Å². The van der Waals surface area contributed by atoms with Gasteiger partial charge in [0.2, 0.25) is 11.7 Å². The zero-order valence-corrected chi connectivity index (χ0v) is 39.7. The summed E-state index contributed by atoms with van der Waals surface area (Å²) in [6.07, 6.45) is 20.0. The van der Waals surface area contributed by atoms with E-state index in [0.717, 1.165) is 73.3 Å². The molecule has 1 fully saturated rings. The van der Waals surface area contributed by atoms with E-state index in [0.29, 0.717) is 38.0 Å². The number of hydrogen-bond donors (Lipinski definition) is 3. The molecule has 11 nitrogen and oxygen atoms in total. The van der Waals surface area contributed by atoms with Gasteiger partial charge in [0.15, 0.2) is 0 Å². The summed E-state index contributed by atoms with van der Waals surface area (Å²) in [6.45, 7) is 7.84. The molecule has 6 atom stereocenters. The van der Waals surface area contributed by atoms with Crippen LogP contribution in [0.25, 0.3) is 0 Å². The molecular formula is C52H78N2O9S. The fourth-order valence-electron chi connectivity index (χ4n) is 10.2. The second-order valence-corrected chi connectivity index (χ2v) is 18.6. The van der Waals surface area contributed by atoms with E-state index in [1.54, 1.807) is 24.9 Å². The maximum Gasteiger partial charge on any atom is 0.239 e. The largest absolute Gasteiger partial charge is 0.493 e. The first-order valence-corrected chi connectivity index (χ1v) is 25.3. The van der Waals surface area contributed by atoms with Gasteiger partial charge >= 0.3 is 0 Å². The Hall–Kier alpha value is -3.39. The highest BCUT2D eigenvalue weighted by molar-refractivity contribution is 7.99. The number of carbonyl (C=O) groups is 1. The molecule has 0 radical (unpaired) electrons. The molecule has 12 heteroatoms. The van der Waals surface area contributed by atoms with Gasteiger partial charge in [-0.25, -0.2) is 0 Å². The normalized spacial score (nSPS) is 22.9. The van der Waals surface area contributed by atoms with Crippen LogP contribution in [0.2, 0.25) is 0 Å². The second kappa shape index (κ2) is 28.6. The van der Waals surface area contributed by atoms with Gasteiger partial charge in [-0.3, -0.25) is 4.79 Å². The Bertz CT molecular complexity index is 1730. The summed E-state index contributed by atoms with van der Waals surface area (Å²) in [5.41, 5.74) is 2.79. The Morgan fingerprint density at radius 2 is 1.64 bits per heavy atom. The summed E-state index contributed by atoms with van der Waals surface area (Å²) in [7, 11) is 1.57. The van der Waals surface area contributed by atoms with E-state index in [2.05, 4.69) is 37.8 Å². The zero-order chi connectivity index (χ0) is 45.4. The summed E-state index contributed by atoms with van der Waals surface area (Å²) in [5, 5.41) is 34.2. The van der Waals surface area contributed by atoms with Gasteiger partial charge < -0.3 is 44.0 Å². The van der Waals surface area contributed by atoms with Crippen molar-refractivity contribution in [2.24, 2.45) is 22.9 Å². The summed E-state index contributed by atoms with van der Waals surface area (Å²) < 4.78 is 26.8. The fourth-order valence-corrected chi connectivity index (χ4v) is 11.0. The van der Waals surface area contributed by atoms with Crippen LogP contribution in [0.3, 0.4) is 0 Å². The number of rotatable bonds is 33. The summed E-state index contributed by atoms with van der Waals surface area (Å²) in [5.74, 6) is 0.611. The van der Waals surface area contributed by atoms with E-state index in [-0.39, 0.29) is 69.8 Å². The zero-order valence-electron chi connectivity index (χ0n) is 38.8. The third-order valence-corrected chi connectivity index (χ3v) is 14.1. The number of nitrogens with zero attached hydrogens (tertiary/aromatic N) is 2. The summed E-state index contributed by atoms with van der Waals surface area (Å²) >= 11 is 1.76. The van der Waals surface area contributed by atoms with Crippen LogP contribution in [0.1, 0.15) is 128 Å². The third-order valence-electron chi connectivity index (χ3n) is 13.1. The molecular weight excluding hydrogens is 829 g/mol. The predicted molar refractivity (Wildman–Crippen MR) is 256 cm³/mol. The molecule has 3 N–H and O–H groups in total. The standard InChI is InChI=1S/C52H78N2O9S/c1-4-6-7-8-9-10-11-12-16-25-49(58)54(28-33-60-34-31-57)48-39-46(53-59-3)44-37-40(21-17-19-29-55)43(24-18-20-30-56)50-45-38-41(61-35-36-64-42-22-14-13-15-23-42)26-27-47(45)63-52(48,51(44)50)62-32-5-2/h5,13-15,22-23,26-27,37-38,40,43,48,50-51,55-57H,2,4,6-12,16-21,24-25,28-36,39H2,1,3H3/t40-,43+,48-,50+,51+,52+/m0/s1. The SMILES string of the molecule is C=CCO[C@@]12Oc3ccc(OCCSc4ccccc4)cc3[C@H]3[C@H](CCCCO)[C@@H](CCCCO)C=C(C(=NOC)C[C@@H]1N(CCOCCO)C(=O)CCCCCCCCCCC)[C@H]32. The third kappa shape index (κ3) is 14.3. The Kier molecular flexibility index (Phi) is 23.1. The van der Waals surface area contributed by atoms with E-state index in [9.17, 15) is 20.1 Å². The van der Waals surface area contributed by atoms with Crippen molar-refractivity contribution in [3.63, 3.8) is 0 Å². The molecule has 1 heterocycles. The number of aliphatic hydroxyl groups is 3. The van der Waals surface area contributed by atoms with Crippen LogP contribution >= 0.6 is 11.8 Å². The van der Waals surface area contributed by atoms with Crippen molar-refractivity contribution in [3.8, 4) is 11.5 Å². The topological polar surface area (TPSA) is 140 Å². The Morgan fingerprint density at radius 3 is 2.34 bits per heavy atom. The number of allylic oxidation sites excluding steroid dienone is 1. The maximum atomic E-state index is 14.8. The molecule has 1 saturated carbocycles. The van der Waals surface area contributed by atoms with E-state index in [1.165, 1.54) is 43.4 Å². The molecule has 0 aromatic heterocycles. The van der Waals surface area contributed by atoms with Crippen LogP contribution in [0.5, 0.6) is 11.5 Å². The van der Waals surface area contributed by atoms with Crippen molar-refractivity contribution in [2.75, 3.05) is 65.7 Å². The monoisotopic (exact) mass is 907 g/mol. The van der Waals surface area contributed by atoms with E-state index < -0.39 is 17.7 Å². The predicted octanol–water partition coefficient (Wildman–Crippen LogP) is 9.88. The van der Waals surface area contributed by atoms with Crippen LogP contribution in [0.4, 0.5) is 0 Å². The van der Waals surface area contributed by atoms with Gasteiger partial charge in [-0.15, -0.1) is 18.3 Å². The second-order valence-electron chi connectivity index (χ2n) is 17.5. The maximum absolute atomic E-state index is 14.8. The lowest BCUT2D eigenvalue weighted by molar-refractivity contribution is -0.258. The Morgan fingerprint density at radius 1 is 0.906 bits per heavy atom. The molecule has 1 amide bonds. The number of hydrogen-bond acceptors (Lipinski definition) is 11. The number of oxime groups is 1. The van der Waals surface area contributed by atoms with Crippen molar-refractivity contribution in [1.29, 1.82) is 0 Å². The number of ether oxygens (including phenoxy) is 4. The number of benzene rings is 2. The average molecular weight is 907 g/mol. The van der Waals surface area contributed by atoms with Crippen molar-refractivity contribution >= 4 is 23.4 Å². The number of aliphatic hydroxyl groups excluding tert-OH is 3. The number of carbonyl (C=O) groups excluding carboxylic acids is 1. The van der Waals surface area contributed by atoms with Gasteiger partial charge in [-0.05, 0) is 79.8 Å². The van der Waals surface area contributed by atoms with Crippen LogP contribution < -0.4 is 9.47 Å². The Balaban J connectivity index is 1.57. The minimum atomic E-state index is -1.34. The molecule has 5 rings (SSSR count). The van der Waals surface area contributed by atoms with E-state index in [1.807, 2.05) is 35.2 Å². The lowest BCUT2D eigenvalue weighted by Gasteiger charge is -2.60. The quantitative estimate of drug-likeness (QED) is 0.0275. The highest BCUT2D eigenvalue weighted by Crippen LogP contribution is 2.62. The lowest BCUT2D eigenvalue weighted by atomic mass is 9.55. The minimum absolute atomic E-state index is 0.00608. The first kappa shape index (κ1) is 51.6. The molecule has 2 aliphatic carbocycles. The molecule has 2 aromatic rings. The fraction of sp³-hybridized carbons (Fsp3) is 0.654. The molecule has 0 unspecified atom stereocenters. The highest BCUT2D eigenvalue weighted by Gasteiger charge is 2.65. The molecule has 0 bridgehead atoms. The van der Waals surface area contributed by atoms with Gasteiger partial charge in [0.05, 0.1) is 44.7 Å². The molecule has 0 spiro atoms. The van der Waals surface area contributed by atoms with Crippen molar-refractivity contribution in [2.45, 2.75) is 139 Å². The van der Waals surface area contributed by atoms with Gasteiger partial charge in [0, 0.05) is 54.7 Å². The van der Waals surface area contributed by atoms with Crippen LogP contribution in [0, 0.1) is 17.8 Å². The van der Waals surface area contributed by atoms with Crippen molar-refractivity contribution < 1.29 is 43.9 Å².